The van der Waals surface area contributed by atoms with Gasteiger partial charge in [0.2, 0.25) is 0 Å². The second-order valence-electron chi connectivity index (χ2n) is 5.82. The van der Waals surface area contributed by atoms with Crippen LogP contribution >= 0.6 is 0 Å². The fraction of sp³-hybridized carbons (Fsp3) is 0.556. The molecule has 0 aliphatic carbocycles. The number of hydrogen-bond donors (Lipinski definition) is 1. The van der Waals surface area contributed by atoms with Gasteiger partial charge in [-0.05, 0) is 24.1 Å². The van der Waals surface area contributed by atoms with Crippen LogP contribution in [0.5, 0.6) is 0 Å². The molecule has 0 spiro atoms. The van der Waals surface area contributed by atoms with Crippen LogP contribution in [0.1, 0.15) is 69.9 Å². The summed E-state index contributed by atoms with van der Waals surface area (Å²) < 4.78 is 0. The first kappa shape index (κ1) is 15.9. The lowest BCUT2D eigenvalue weighted by Gasteiger charge is -2.12. The van der Waals surface area contributed by atoms with E-state index in [1.165, 1.54) is 50.5 Å². The summed E-state index contributed by atoms with van der Waals surface area (Å²) in [5.74, 6) is 0. The second kappa shape index (κ2) is 8.73. The molecule has 0 aliphatic rings. The Kier molecular flexibility index (Phi) is 6.61. The third-order valence-corrected chi connectivity index (χ3v) is 4.04. The lowest BCUT2D eigenvalue weighted by molar-refractivity contribution is 0.541. The number of hydrogen-bond acceptors (Lipinski definition) is 3. The summed E-state index contributed by atoms with van der Waals surface area (Å²) in [5.41, 5.74) is 9.35. The number of unbranched alkanes of at least 4 members (excludes halogenated alkanes) is 6. The number of rotatable bonds is 9. The molecule has 2 aromatic rings. The number of benzene rings is 1. The Balaban J connectivity index is 1.75. The molecule has 1 aromatic carbocycles. The van der Waals surface area contributed by atoms with Crippen molar-refractivity contribution in [2.24, 2.45) is 5.73 Å². The molecule has 0 radical (unpaired) electrons. The molecular weight excluding hydrogens is 258 g/mol. The average Bonchev–Trinajstić information content (AvgIpc) is 2.53. The summed E-state index contributed by atoms with van der Waals surface area (Å²) in [5, 5.41) is 0. The molecule has 0 amide bonds. The summed E-state index contributed by atoms with van der Waals surface area (Å²) in [6.07, 6.45) is 13.8. The van der Waals surface area contributed by atoms with Gasteiger partial charge in [-0.1, -0.05) is 57.9 Å². The number of fused-ring (bicyclic) bond motifs is 1. The zero-order valence-electron chi connectivity index (χ0n) is 13.1. The first-order valence-corrected chi connectivity index (χ1v) is 8.27. The predicted octanol–water partition coefficient (Wildman–Crippen LogP) is 4.77. The van der Waals surface area contributed by atoms with Crippen LogP contribution in [0.25, 0.3) is 11.0 Å². The Morgan fingerprint density at radius 3 is 2.33 bits per heavy atom. The van der Waals surface area contributed by atoms with Crippen molar-refractivity contribution in [3.8, 4) is 0 Å². The summed E-state index contributed by atoms with van der Waals surface area (Å²) >= 11 is 0. The van der Waals surface area contributed by atoms with Crippen LogP contribution in [0.4, 0.5) is 0 Å². The van der Waals surface area contributed by atoms with Gasteiger partial charge in [0.15, 0.2) is 0 Å². The van der Waals surface area contributed by atoms with Gasteiger partial charge >= 0.3 is 0 Å². The summed E-state index contributed by atoms with van der Waals surface area (Å²) in [7, 11) is 0. The first-order chi connectivity index (χ1) is 10.3. The van der Waals surface area contributed by atoms with E-state index >= 15 is 0 Å². The molecule has 0 aliphatic heterocycles. The summed E-state index contributed by atoms with van der Waals surface area (Å²) in [4.78, 5) is 8.63. The minimum atomic E-state index is 0.118. The number of aromatic nitrogens is 2. The van der Waals surface area contributed by atoms with Crippen molar-refractivity contribution in [3.05, 3.63) is 36.2 Å². The fourth-order valence-corrected chi connectivity index (χ4v) is 2.70. The van der Waals surface area contributed by atoms with Crippen molar-refractivity contribution in [2.75, 3.05) is 0 Å². The molecule has 3 heteroatoms. The van der Waals surface area contributed by atoms with Gasteiger partial charge in [0.1, 0.15) is 0 Å². The van der Waals surface area contributed by atoms with Crippen molar-refractivity contribution in [2.45, 2.75) is 64.3 Å². The molecule has 3 nitrogen and oxygen atoms in total. The van der Waals surface area contributed by atoms with E-state index in [0.717, 1.165) is 17.5 Å². The molecule has 1 unspecified atom stereocenters. The van der Waals surface area contributed by atoms with Gasteiger partial charge < -0.3 is 5.73 Å². The van der Waals surface area contributed by atoms with Gasteiger partial charge in [0, 0.05) is 18.4 Å². The molecule has 0 saturated heterocycles. The topological polar surface area (TPSA) is 51.8 Å². The van der Waals surface area contributed by atoms with Crippen molar-refractivity contribution in [1.82, 2.24) is 9.97 Å². The van der Waals surface area contributed by atoms with Crippen molar-refractivity contribution in [3.63, 3.8) is 0 Å². The van der Waals surface area contributed by atoms with Crippen molar-refractivity contribution < 1.29 is 0 Å². The van der Waals surface area contributed by atoms with E-state index in [4.69, 9.17) is 5.73 Å². The lowest BCUT2D eigenvalue weighted by atomic mass is 10.00. The number of nitrogens with two attached hydrogens (primary N) is 1. The zero-order chi connectivity index (χ0) is 14.9. The van der Waals surface area contributed by atoms with Gasteiger partial charge in [-0.25, -0.2) is 0 Å². The standard InChI is InChI=1S/C18H27N3/c1-2-3-4-5-6-7-8-9-16(19)15-10-11-17-18(14-15)21-13-12-20-17/h10-14,16H,2-9,19H2,1H3. The van der Waals surface area contributed by atoms with Crippen LogP contribution in [0.15, 0.2) is 30.6 Å². The van der Waals surface area contributed by atoms with Crippen LogP contribution in [0.2, 0.25) is 0 Å². The Hall–Kier alpha value is -1.48. The SMILES string of the molecule is CCCCCCCCCC(N)c1ccc2nccnc2c1. The van der Waals surface area contributed by atoms with Crippen LogP contribution in [0.3, 0.4) is 0 Å². The molecule has 2 rings (SSSR count). The van der Waals surface area contributed by atoms with Crippen LogP contribution in [-0.2, 0) is 0 Å². The summed E-state index contributed by atoms with van der Waals surface area (Å²) in [6, 6.07) is 6.30. The van der Waals surface area contributed by atoms with E-state index in [0.29, 0.717) is 0 Å². The fourth-order valence-electron chi connectivity index (χ4n) is 2.70. The highest BCUT2D eigenvalue weighted by Gasteiger charge is 2.07. The van der Waals surface area contributed by atoms with Gasteiger partial charge in [-0.3, -0.25) is 9.97 Å². The number of nitrogens with zero attached hydrogens (tertiary/aromatic N) is 2. The molecule has 0 bridgehead atoms. The molecule has 0 fully saturated rings. The molecule has 0 saturated carbocycles. The predicted molar refractivity (Wildman–Crippen MR) is 89.1 cm³/mol. The maximum atomic E-state index is 6.30. The van der Waals surface area contributed by atoms with E-state index in [2.05, 4.69) is 29.0 Å². The van der Waals surface area contributed by atoms with Crippen molar-refractivity contribution in [1.29, 1.82) is 0 Å². The monoisotopic (exact) mass is 285 g/mol. The maximum Gasteiger partial charge on any atom is 0.0890 e. The van der Waals surface area contributed by atoms with E-state index in [1.54, 1.807) is 12.4 Å². The smallest absolute Gasteiger partial charge is 0.0890 e. The minimum Gasteiger partial charge on any atom is -0.324 e. The van der Waals surface area contributed by atoms with Crippen LogP contribution < -0.4 is 5.73 Å². The van der Waals surface area contributed by atoms with Gasteiger partial charge in [-0.15, -0.1) is 0 Å². The molecule has 1 atom stereocenters. The molecule has 1 heterocycles. The molecule has 1 aromatic heterocycles. The van der Waals surface area contributed by atoms with E-state index in [9.17, 15) is 0 Å². The van der Waals surface area contributed by atoms with E-state index < -0.39 is 0 Å². The highest BCUT2D eigenvalue weighted by atomic mass is 14.8. The zero-order valence-corrected chi connectivity index (χ0v) is 13.1. The third kappa shape index (κ3) is 5.09. The van der Waals surface area contributed by atoms with E-state index in [-0.39, 0.29) is 6.04 Å². The molecular formula is C18H27N3. The second-order valence-corrected chi connectivity index (χ2v) is 5.82. The highest BCUT2D eigenvalue weighted by Crippen LogP contribution is 2.21. The van der Waals surface area contributed by atoms with Crippen molar-refractivity contribution >= 4 is 11.0 Å². The minimum absolute atomic E-state index is 0.118. The Morgan fingerprint density at radius 2 is 1.57 bits per heavy atom. The van der Waals surface area contributed by atoms with Gasteiger partial charge in [0.05, 0.1) is 11.0 Å². The Labute approximate surface area is 128 Å². The van der Waals surface area contributed by atoms with E-state index in [1.807, 2.05) is 6.07 Å². The van der Waals surface area contributed by atoms with Crippen LogP contribution in [-0.4, -0.2) is 9.97 Å². The molecule has 2 N–H and O–H groups in total. The highest BCUT2D eigenvalue weighted by molar-refractivity contribution is 5.74. The quantitative estimate of drug-likeness (QED) is 0.675. The average molecular weight is 285 g/mol. The van der Waals surface area contributed by atoms with Crippen LogP contribution in [0, 0.1) is 0 Å². The maximum absolute atomic E-state index is 6.30. The molecule has 114 valence electrons. The largest absolute Gasteiger partial charge is 0.324 e. The summed E-state index contributed by atoms with van der Waals surface area (Å²) in [6.45, 7) is 2.26. The Bertz CT molecular complexity index is 539. The Morgan fingerprint density at radius 1 is 0.905 bits per heavy atom. The third-order valence-electron chi connectivity index (χ3n) is 4.04. The van der Waals surface area contributed by atoms with Gasteiger partial charge in [-0.2, -0.15) is 0 Å². The van der Waals surface area contributed by atoms with Gasteiger partial charge in [0.25, 0.3) is 0 Å². The lowest BCUT2D eigenvalue weighted by Crippen LogP contribution is -2.10. The first-order valence-electron chi connectivity index (χ1n) is 8.27. The normalized spacial score (nSPS) is 12.7. The molecule has 21 heavy (non-hydrogen) atoms.